The van der Waals surface area contributed by atoms with Gasteiger partial charge in [-0.25, -0.2) is 0 Å². The molecule has 0 saturated heterocycles. The van der Waals surface area contributed by atoms with Crippen molar-refractivity contribution >= 4 is 0 Å². The second-order valence-electron chi connectivity index (χ2n) is 3.30. The van der Waals surface area contributed by atoms with Gasteiger partial charge in [0.15, 0.2) is 11.5 Å². The molecule has 0 fully saturated rings. The quantitative estimate of drug-likeness (QED) is 0.854. The van der Waals surface area contributed by atoms with Crippen molar-refractivity contribution < 1.29 is 14.3 Å². The van der Waals surface area contributed by atoms with E-state index in [0.717, 1.165) is 16.7 Å². The summed E-state index contributed by atoms with van der Waals surface area (Å²) >= 11 is 0. The summed E-state index contributed by atoms with van der Waals surface area (Å²) in [6.45, 7) is 5.85. The van der Waals surface area contributed by atoms with Crippen LogP contribution in [0.3, 0.4) is 0 Å². The lowest BCUT2D eigenvalue weighted by Crippen LogP contribution is -1.88. The van der Waals surface area contributed by atoms with Crippen molar-refractivity contribution in [3.05, 3.63) is 36.3 Å². The Bertz CT molecular complexity index is 459. The minimum absolute atomic E-state index is 0.177. The Hall–Kier alpha value is -1.90. The van der Waals surface area contributed by atoms with E-state index in [4.69, 9.17) is 9.15 Å². The molecule has 92 valence electrons. The zero-order chi connectivity index (χ0) is 12.8. The fourth-order valence-electron chi connectivity index (χ4n) is 1.57. The van der Waals surface area contributed by atoms with Crippen molar-refractivity contribution in [3.63, 3.8) is 0 Å². The highest BCUT2D eigenvalue weighted by Gasteiger charge is 2.10. The van der Waals surface area contributed by atoms with Crippen LogP contribution < -0.4 is 4.74 Å². The molecule has 0 aliphatic rings. The molecule has 0 radical (unpaired) electrons. The van der Waals surface area contributed by atoms with Crippen molar-refractivity contribution in [1.29, 1.82) is 0 Å². The fourth-order valence-corrected chi connectivity index (χ4v) is 1.57. The largest absolute Gasteiger partial charge is 0.504 e. The molecular weight excluding hydrogens is 216 g/mol. The van der Waals surface area contributed by atoms with E-state index in [1.165, 1.54) is 7.11 Å². The van der Waals surface area contributed by atoms with Crippen LogP contribution in [-0.4, -0.2) is 12.2 Å². The van der Waals surface area contributed by atoms with Crippen LogP contribution in [0.5, 0.6) is 11.5 Å². The average Bonchev–Trinajstić information content (AvgIpc) is 2.89. The van der Waals surface area contributed by atoms with E-state index < -0.39 is 0 Å². The first-order chi connectivity index (χ1) is 8.24. The van der Waals surface area contributed by atoms with Crippen LogP contribution in [0.25, 0.3) is 11.1 Å². The lowest BCUT2D eigenvalue weighted by Gasteiger charge is -2.09. The monoisotopic (exact) mass is 234 g/mol. The highest BCUT2D eigenvalue weighted by molar-refractivity contribution is 5.70. The van der Waals surface area contributed by atoms with E-state index in [9.17, 15) is 5.11 Å². The number of furan rings is 1. The van der Waals surface area contributed by atoms with Crippen LogP contribution in [0.15, 0.2) is 35.1 Å². The van der Waals surface area contributed by atoms with Crippen LogP contribution in [0.1, 0.15) is 19.4 Å². The summed E-state index contributed by atoms with van der Waals surface area (Å²) in [5.74, 6) is 0.663. The smallest absolute Gasteiger partial charge is 0.161 e. The van der Waals surface area contributed by atoms with Crippen molar-refractivity contribution in [1.82, 2.24) is 0 Å². The van der Waals surface area contributed by atoms with Gasteiger partial charge in [-0.3, -0.25) is 0 Å². The molecule has 0 amide bonds. The molecule has 0 atom stereocenters. The van der Waals surface area contributed by atoms with Gasteiger partial charge in [-0.2, -0.15) is 0 Å². The summed E-state index contributed by atoms with van der Waals surface area (Å²) in [6, 6.07) is 5.50. The number of phenolic OH excluding ortho intramolecular Hbond substituents is 1. The number of methoxy groups -OCH3 is 1. The van der Waals surface area contributed by atoms with Crippen molar-refractivity contribution in [2.24, 2.45) is 0 Å². The first kappa shape index (κ1) is 13.2. The molecule has 0 spiro atoms. The van der Waals surface area contributed by atoms with E-state index in [-0.39, 0.29) is 5.75 Å². The van der Waals surface area contributed by atoms with Gasteiger partial charge in [0.05, 0.1) is 19.6 Å². The van der Waals surface area contributed by atoms with Gasteiger partial charge in [-0.1, -0.05) is 19.9 Å². The van der Waals surface area contributed by atoms with Crippen LogP contribution in [0.2, 0.25) is 0 Å². The molecule has 0 saturated carbocycles. The van der Waals surface area contributed by atoms with Gasteiger partial charge < -0.3 is 14.3 Å². The molecule has 17 heavy (non-hydrogen) atoms. The lowest BCUT2D eigenvalue weighted by molar-refractivity contribution is 0.372. The van der Waals surface area contributed by atoms with Gasteiger partial charge in [-0.05, 0) is 24.6 Å². The number of ether oxygens (including phenoxy) is 1. The third kappa shape index (κ3) is 2.61. The summed E-state index contributed by atoms with van der Waals surface area (Å²) in [6.07, 6.45) is 3.25. The predicted octanol–water partition coefficient (Wildman–Crippen LogP) is 4.00. The molecule has 0 aliphatic carbocycles. The van der Waals surface area contributed by atoms with Crippen LogP contribution >= 0.6 is 0 Å². The second kappa shape index (κ2) is 5.99. The molecule has 3 nitrogen and oxygen atoms in total. The zero-order valence-corrected chi connectivity index (χ0v) is 10.7. The van der Waals surface area contributed by atoms with Crippen LogP contribution in [-0.2, 0) is 0 Å². The van der Waals surface area contributed by atoms with E-state index in [0.29, 0.717) is 5.75 Å². The first-order valence-corrected chi connectivity index (χ1v) is 5.63. The molecular formula is C14H18O3. The van der Waals surface area contributed by atoms with Gasteiger partial charge in [0.25, 0.3) is 0 Å². The average molecular weight is 234 g/mol. The molecule has 0 bridgehead atoms. The van der Waals surface area contributed by atoms with E-state index in [1.54, 1.807) is 18.6 Å². The van der Waals surface area contributed by atoms with Crippen LogP contribution in [0, 0.1) is 6.92 Å². The minimum atomic E-state index is 0.177. The molecule has 1 N–H and O–H groups in total. The third-order valence-corrected chi connectivity index (χ3v) is 2.45. The van der Waals surface area contributed by atoms with Crippen molar-refractivity contribution in [3.8, 4) is 22.6 Å². The van der Waals surface area contributed by atoms with Gasteiger partial charge in [0, 0.05) is 11.1 Å². The van der Waals surface area contributed by atoms with Gasteiger partial charge in [-0.15, -0.1) is 0 Å². The SMILES string of the molecule is CC.COc1ccc(-c2ccoc2)c(C)c1O. The van der Waals surface area contributed by atoms with E-state index in [2.05, 4.69) is 0 Å². The summed E-state index contributed by atoms with van der Waals surface area (Å²) in [7, 11) is 1.53. The molecule has 2 rings (SSSR count). The topological polar surface area (TPSA) is 42.6 Å². The highest BCUT2D eigenvalue weighted by Crippen LogP contribution is 2.36. The number of benzene rings is 1. The van der Waals surface area contributed by atoms with E-state index >= 15 is 0 Å². The number of rotatable bonds is 2. The number of phenols is 1. The Balaban J connectivity index is 0.000000686. The summed E-state index contributed by atoms with van der Waals surface area (Å²) < 4.78 is 10.0. The standard InChI is InChI=1S/C12H12O3.C2H6/c1-8-10(9-5-6-15-7-9)3-4-11(14-2)12(8)13;1-2/h3-7,13H,1-2H3;1-2H3. The summed E-state index contributed by atoms with van der Waals surface area (Å²) in [4.78, 5) is 0. The second-order valence-corrected chi connectivity index (χ2v) is 3.30. The predicted molar refractivity (Wildman–Crippen MR) is 68.4 cm³/mol. The number of hydrogen-bond donors (Lipinski definition) is 1. The lowest BCUT2D eigenvalue weighted by atomic mass is 10.0. The van der Waals surface area contributed by atoms with Gasteiger partial charge in [0.2, 0.25) is 0 Å². The summed E-state index contributed by atoms with van der Waals surface area (Å²) in [5.41, 5.74) is 2.68. The van der Waals surface area contributed by atoms with Crippen molar-refractivity contribution in [2.45, 2.75) is 20.8 Å². The Morgan fingerprint density at radius 3 is 2.41 bits per heavy atom. The number of aromatic hydroxyl groups is 1. The van der Waals surface area contributed by atoms with E-state index in [1.807, 2.05) is 32.9 Å². The van der Waals surface area contributed by atoms with Crippen LogP contribution in [0.4, 0.5) is 0 Å². The van der Waals surface area contributed by atoms with Gasteiger partial charge in [0.1, 0.15) is 0 Å². The molecule has 0 unspecified atom stereocenters. The zero-order valence-electron chi connectivity index (χ0n) is 10.7. The maximum Gasteiger partial charge on any atom is 0.161 e. The molecule has 2 aromatic rings. The highest BCUT2D eigenvalue weighted by atomic mass is 16.5. The Kier molecular flexibility index (Phi) is 4.64. The normalized spacial score (nSPS) is 9.41. The maximum absolute atomic E-state index is 9.82. The number of hydrogen-bond acceptors (Lipinski definition) is 3. The third-order valence-electron chi connectivity index (χ3n) is 2.45. The Morgan fingerprint density at radius 1 is 1.18 bits per heavy atom. The maximum atomic E-state index is 9.82. The Labute approximate surface area is 102 Å². The van der Waals surface area contributed by atoms with Gasteiger partial charge >= 0.3 is 0 Å². The molecule has 1 aromatic carbocycles. The molecule has 3 heteroatoms. The minimum Gasteiger partial charge on any atom is -0.504 e. The Morgan fingerprint density at radius 2 is 1.88 bits per heavy atom. The first-order valence-electron chi connectivity index (χ1n) is 5.63. The molecule has 1 heterocycles. The van der Waals surface area contributed by atoms with Crippen molar-refractivity contribution in [2.75, 3.05) is 7.11 Å². The summed E-state index contributed by atoms with van der Waals surface area (Å²) in [5, 5.41) is 9.82. The fraction of sp³-hybridized carbons (Fsp3) is 0.286. The molecule has 0 aliphatic heterocycles. The molecule has 1 aromatic heterocycles.